The Bertz CT molecular complexity index is 728. The molecule has 1 fully saturated rings. The molecule has 26 heavy (non-hydrogen) atoms. The number of benzene rings is 1. The molecule has 0 spiro atoms. The zero-order valence-corrected chi connectivity index (χ0v) is 14.9. The second-order valence-electron chi connectivity index (χ2n) is 7.21. The van der Waals surface area contributed by atoms with Crippen molar-refractivity contribution < 1.29 is 14.3 Å². The number of nitrogens with zero attached hydrogens (tertiary/aromatic N) is 2. The topological polar surface area (TPSA) is 53.4 Å². The summed E-state index contributed by atoms with van der Waals surface area (Å²) >= 11 is 0. The van der Waals surface area contributed by atoms with Crippen LogP contribution in [0.4, 0.5) is 4.39 Å². The van der Waals surface area contributed by atoms with E-state index in [9.17, 15) is 14.3 Å². The third kappa shape index (κ3) is 4.67. The molecule has 1 aromatic carbocycles. The molecule has 0 atom stereocenters. The number of amides is 1. The van der Waals surface area contributed by atoms with Gasteiger partial charge in [-0.25, -0.2) is 4.39 Å². The standard InChI is InChI=1S/C21H25FN2O2/c22-19-5-1-3-18(13-19)14-21(16-25)8-11-24(12-9-21)20(26)7-6-17-4-2-10-23-15-17/h1-5,10,13,15,25H,6-9,11-12,14,16H2. The number of likely N-dealkylation sites (tertiary alicyclic amines) is 1. The van der Waals surface area contributed by atoms with Crippen molar-refractivity contribution in [1.29, 1.82) is 0 Å². The van der Waals surface area contributed by atoms with Crippen LogP contribution >= 0.6 is 0 Å². The van der Waals surface area contributed by atoms with E-state index in [1.54, 1.807) is 18.5 Å². The Kier molecular flexibility index (Phi) is 5.99. The van der Waals surface area contributed by atoms with E-state index in [1.165, 1.54) is 12.1 Å². The molecule has 1 aliphatic heterocycles. The minimum Gasteiger partial charge on any atom is -0.396 e. The number of aryl methyl sites for hydroxylation is 1. The molecule has 1 amide bonds. The van der Waals surface area contributed by atoms with Gasteiger partial charge in [0.2, 0.25) is 5.91 Å². The molecule has 1 saturated heterocycles. The lowest BCUT2D eigenvalue weighted by Crippen LogP contribution is -2.45. The summed E-state index contributed by atoms with van der Waals surface area (Å²) in [6.45, 7) is 1.34. The molecule has 2 heterocycles. The number of hydrogen-bond donors (Lipinski definition) is 1. The normalized spacial score (nSPS) is 16.5. The van der Waals surface area contributed by atoms with Crippen LogP contribution in [0, 0.1) is 11.2 Å². The summed E-state index contributed by atoms with van der Waals surface area (Å²) in [5.74, 6) is -0.107. The Labute approximate surface area is 153 Å². The van der Waals surface area contributed by atoms with Crippen LogP contribution in [0.1, 0.15) is 30.4 Å². The van der Waals surface area contributed by atoms with Gasteiger partial charge in [-0.1, -0.05) is 18.2 Å². The maximum absolute atomic E-state index is 13.4. The number of hydrogen-bond acceptors (Lipinski definition) is 3. The maximum Gasteiger partial charge on any atom is 0.222 e. The van der Waals surface area contributed by atoms with Gasteiger partial charge in [0, 0.05) is 43.9 Å². The molecule has 0 bridgehead atoms. The van der Waals surface area contributed by atoms with Crippen molar-refractivity contribution in [3.63, 3.8) is 0 Å². The summed E-state index contributed by atoms with van der Waals surface area (Å²) in [4.78, 5) is 18.4. The summed E-state index contributed by atoms with van der Waals surface area (Å²) in [5.41, 5.74) is 1.69. The van der Waals surface area contributed by atoms with Gasteiger partial charge in [-0.3, -0.25) is 9.78 Å². The first-order valence-corrected chi connectivity index (χ1v) is 9.12. The lowest BCUT2D eigenvalue weighted by molar-refractivity contribution is -0.134. The summed E-state index contributed by atoms with van der Waals surface area (Å²) in [6.07, 6.45) is 6.79. The van der Waals surface area contributed by atoms with Gasteiger partial charge >= 0.3 is 0 Å². The van der Waals surface area contributed by atoms with Crippen molar-refractivity contribution in [2.24, 2.45) is 5.41 Å². The molecular formula is C21H25FN2O2. The second kappa shape index (κ2) is 8.41. The summed E-state index contributed by atoms with van der Waals surface area (Å²) in [6, 6.07) is 10.4. The zero-order chi connectivity index (χ0) is 18.4. The summed E-state index contributed by atoms with van der Waals surface area (Å²) in [5, 5.41) is 9.94. The molecule has 3 rings (SSSR count). The fraction of sp³-hybridized carbons (Fsp3) is 0.429. The van der Waals surface area contributed by atoms with Gasteiger partial charge in [-0.05, 0) is 55.0 Å². The fourth-order valence-corrected chi connectivity index (χ4v) is 3.66. The number of aliphatic hydroxyl groups is 1. The van der Waals surface area contributed by atoms with E-state index in [-0.39, 0.29) is 23.7 Å². The van der Waals surface area contributed by atoms with E-state index in [4.69, 9.17) is 0 Å². The van der Waals surface area contributed by atoms with Crippen molar-refractivity contribution in [2.75, 3.05) is 19.7 Å². The number of carbonyl (C=O) groups excluding carboxylic acids is 1. The number of piperidine rings is 1. The Balaban J connectivity index is 1.54. The molecule has 1 aromatic heterocycles. The minimum atomic E-state index is -0.270. The van der Waals surface area contributed by atoms with Crippen LogP contribution in [-0.4, -0.2) is 40.6 Å². The van der Waals surface area contributed by atoms with E-state index >= 15 is 0 Å². The molecule has 0 unspecified atom stereocenters. The third-order valence-electron chi connectivity index (χ3n) is 5.33. The molecular weight excluding hydrogens is 331 g/mol. The lowest BCUT2D eigenvalue weighted by atomic mass is 9.74. The first-order valence-electron chi connectivity index (χ1n) is 9.12. The quantitative estimate of drug-likeness (QED) is 0.866. The highest BCUT2D eigenvalue weighted by atomic mass is 19.1. The fourth-order valence-electron chi connectivity index (χ4n) is 3.66. The van der Waals surface area contributed by atoms with Crippen LogP contribution in [-0.2, 0) is 17.6 Å². The van der Waals surface area contributed by atoms with Gasteiger partial charge in [-0.2, -0.15) is 0 Å². The number of aliphatic hydroxyl groups excluding tert-OH is 1. The number of rotatable bonds is 6. The second-order valence-corrected chi connectivity index (χ2v) is 7.21. The average Bonchev–Trinajstić information content (AvgIpc) is 2.67. The molecule has 1 aliphatic rings. The van der Waals surface area contributed by atoms with Crippen LogP contribution < -0.4 is 0 Å². The van der Waals surface area contributed by atoms with E-state index in [2.05, 4.69) is 4.98 Å². The number of aromatic nitrogens is 1. The summed E-state index contributed by atoms with van der Waals surface area (Å²) < 4.78 is 13.4. The summed E-state index contributed by atoms with van der Waals surface area (Å²) in [7, 11) is 0. The van der Waals surface area contributed by atoms with Gasteiger partial charge in [-0.15, -0.1) is 0 Å². The van der Waals surface area contributed by atoms with Crippen molar-refractivity contribution in [3.05, 3.63) is 65.7 Å². The predicted molar refractivity (Wildman–Crippen MR) is 98.0 cm³/mol. The largest absolute Gasteiger partial charge is 0.396 e. The Morgan fingerprint density at radius 3 is 2.62 bits per heavy atom. The van der Waals surface area contributed by atoms with Gasteiger partial charge in [0.1, 0.15) is 5.82 Å². The first-order chi connectivity index (χ1) is 12.6. The minimum absolute atomic E-state index is 0.0568. The van der Waals surface area contributed by atoms with Gasteiger partial charge in [0.15, 0.2) is 0 Å². The molecule has 138 valence electrons. The van der Waals surface area contributed by atoms with Gasteiger partial charge in [0.25, 0.3) is 0 Å². The number of carbonyl (C=O) groups is 1. The highest BCUT2D eigenvalue weighted by molar-refractivity contribution is 5.76. The molecule has 1 N–H and O–H groups in total. The van der Waals surface area contributed by atoms with E-state index in [0.717, 1.165) is 24.0 Å². The zero-order valence-electron chi connectivity index (χ0n) is 14.9. The molecule has 0 radical (unpaired) electrons. The van der Waals surface area contributed by atoms with Crippen LogP contribution in [0.2, 0.25) is 0 Å². The monoisotopic (exact) mass is 356 g/mol. The smallest absolute Gasteiger partial charge is 0.222 e. The predicted octanol–water partition coefficient (Wildman–Crippen LogP) is 3.00. The molecule has 0 aliphatic carbocycles. The number of halogens is 1. The van der Waals surface area contributed by atoms with E-state index in [1.807, 2.05) is 23.1 Å². The first kappa shape index (κ1) is 18.5. The maximum atomic E-state index is 13.4. The van der Waals surface area contributed by atoms with Crippen molar-refractivity contribution >= 4 is 5.91 Å². The SMILES string of the molecule is O=C(CCc1cccnc1)N1CCC(CO)(Cc2cccc(F)c2)CC1. The van der Waals surface area contributed by atoms with Crippen molar-refractivity contribution in [2.45, 2.75) is 32.1 Å². The van der Waals surface area contributed by atoms with E-state index in [0.29, 0.717) is 32.4 Å². The highest BCUT2D eigenvalue weighted by Gasteiger charge is 2.35. The van der Waals surface area contributed by atoms with Crippen LogP contribution in [0.3, 0.4) is 0 Å². The van der Waals surface area contributed by atoms with Crippen molar-refractivity contribution in [3.8, 4) is 0 Å². The van der Waals surface area contributed by atoms with Crippen LogP contribution in [0.25, 0.3) is 0 Å². The van der Waals surface area contributed by atoms with Crippen LogP contribution in [0.5, 0.6) is 0 Å². The lowest BCUT2D eigenvalue weighted by Gasteiger charge is -2.41. The van der Waals surface area contributed by atoms with Crippen LogP contribution in [0.15, 0.2) is 48.8 Å². The Morgan fingerprint density at radius 2 is 1.96 bits per heavy atom. The Hall–Kier alpha value is -2.27. The molecule has 2 aromatic rings. The van der Waals surface area contributed by atoms with E-state index < -0.39 is 0 Å². The number of pyridine rings is 1. The molecule has 5 heteroatoms. The highest BCUT2D eigenvalue weighted by Crippen LogP contribution is 2.35. The Morgan fingerprint density at radius 1 is 1.19 bits per heavy atom. The average molecular weight is 356 g/mol. The van der Waals surface area contributed by atoms with Gasteiger partial charge < -0.3 is 10.0 Å². The molecule has 4 nitrogen and oxygen atoms in total. The van der Waals surface area contributed by atoms with Crippen molar-refractivity contribution in [1.82, 2.24) is 9.88 Å². The molecule has 0 saturated carbocycles. The van der Waals surface area contributed by atoms with Gasteiger partial charge in [0.05, 0.1) is 0 Å². The third-order valence-corrected chi connectivity index (χ3v) is 5.33.